The number of nitrogens with one attached hydrogen (secondary N) is 1. The normalized spacial score (nSPS) is 10.3. The second-order valence-corrected chi connectivity index (χ2v) is 5.61. The number of ether oxygens (including phenoxy) is 2. The van der Waals surface area contributed by atoms with Crippen molar-refractivity contribution in [1.29, 1.82) is 0 Å². The standard InChI is InChI=1S/C20H26N2O3/c1-3-24-18-9-7-16(14-19(18)25-4-2)11-13-22-20(23)10-8-17-6-5-12-21-15-17/h5-7,9,12,14-15H,3-4,8,10-11,13H2,1-2H3,(H,22,23). The summed E-state index contributed by atoms with van der Waals surface area (Å²) in [5.74, 6) is 1.57. The molecule has 0 atom stereocenters. The molecule has 0 spiro atoms. The Morgan fingerprint density at radius 1 is 1.04 bits per heavy atom. The molecule has 1 heterocycles. The molecule has 0 saturated carbocycles. The van der Waals surface area contributed by atoms with Crippen LogP contribution in [0.1, 0.15) is 31.4 Å². The Labute approximate surface area is 149 Å². The summed E-state index contributed by atoms with van der Waals surface area (Å²) in [5.41, 5.74) is 2.19. The van der Waals surface area contributed by atoms with Crippen LogP contribution in [0.2, 0.25) is 0 Å². The van der Waals surface area contributed by atoms with E-state index in [1.165, 1.54) is 0 Å². The van der Waals surface area contributed by atoms with Crippen LogP contribution in [0.4, 0.5) is 0 Å². The Bertz CT molecular complexity index is 659. The van der Waals surface area contributed by atoms with Gasteiger partial charge in [-0.25, -0.2) is 0 Å². The first-order chi connectivity index (χ1) is 12.2. The van der Waals surface area contributed by atoms with E-state index < -0.39 is 0 Å². The summed E-state index contributed by atoms with van der Waals surface area (Å²) in [4.78, 5) is 16.0. The van der Waals surface area contributed by atoms with Crippen molar-refractivity contribution < 1.29 is 14.3 Å². The Balaban J connectivity index is 1.78. The minimum atomic E-state index is 0.0554. The maximum Gasteiger partial charge on any atom is 0.220 e. The number of nitrogens with zero attached hydrogens (tertiary/aromatic N) is 1. The molecule has 2 rings (SSSR count). The molecule has 1 aromatic heterocycles. The van der Waals surface area contributed by atoms with Gasteiger partial charge in [-0.2, -0.15) is 0 Å². The van der Waals surface area contributed by atoms with Crippen LogP contribution in [0, 0.1) is 0 Å². The van der Waals surface area contributed by atoms with Gasteiger partial charge in [-0.05, 0) is 56.0 Å². The monoisotopic (exact) mass is 342 g/mol. The molecule has 25 heavy (non-hydrogen) atoms. The predicted molar refractivity (Wildman–Crippen MR) is 98.1 cm³/mol. The molecule has 1 amide bonds. The third kappa shape index (κ3) is 6.45. The molecule has 1 N–H and O–H groups in total. The van der Waals surface area contributed by atoms with E-state index in [4.69, 9.17) is 9.47 Å². The molecule has 2 aromatic rings. The van der Waals surface area contributed by atoms with Crippen LogP contribution in [0.25, 0.3) is 0 Å². The van der Waals surface area contributed by atoms with Crippen molar-refractivity contribution in [3.05, 3.63) is 53.9 Å². The number of amides is 1. The second-order valence-electron chi connectivity index (χ2n) is 5.61. The topological polar surface area (TPSA) is 60.5 Å². The highest BCUT2D eigenvalue weighted by Crippen LogP contribution is 2.28. The minimum absolute atomic E-state index is 0.0554. The molecule has 1 aromatic carbocycles. The first-order valence-electron chi connectivity index (χ1n) is 8.77. The largest absolute Gasteiger partial charge is 0.490 e. The van der Waals surface area contributed by atoms with E-state index in [-0.39, 0.29) is 5.91 Å². The number of aryl methyl sites for hydroxylation is 1. The van der Waals surface area contributed by atoms with E-state index in [0.717, 1.165) is 29.0 Å². The SMILES string of the molecule is CCOc1ccc(CCNC(=O)CCc2cccnc2)cc1OCC. The third-order valence-electron chi connectivity index (χ3n) is 3.71. The first-order valence-corrected chi connectivity index (χ1v) is 8.77. The van der Waals surface area contributed by atoms with Crippen molar-refractivity contribution in [2.24, 2.45) is 0 Å². The molecular weight excluding hydrogens is 316 g/mol. The van der Waals surface area contributed by atoms with Crippen molar-refractivity contribution >= 4 is 5.91 Å². The lowest BCUT2D eigenvalue weighted by Crippen LogP contribution is -2.25. The molecule has 0 aliphatic carbocycles. The van der Waals surface area contributed by atoms with E-state index >= 15 is 0 Å². The molecule has 0 unspecified atom stereocenters. The fourth-order valence-corrected chi connectivity index (χ4v) is 2.49. The van der Waals surface area contributed by atoms with E-state index in [0.29, 0.717) is 32.6 Å². The molecule has 5 nitrogen and oxygen atoms in total. The number of benzene rings is 1. The molecule has 5 heteroatoms. The number of hydrogen-bond donors (Lipinski definition) is 1. The molecule has 0 bridgehead atoms. The van der Waals surface area contributed by atoms with Gasteiger partial charge in [0.05, 0.1) is 13.2 Å². The van der Waals surface area contributed by atoms with Gasteiger partial charge >= 0.3 is 0 Å². The van der Waals surface area contributed by atoms with Crippen molar-refractivity contribution in [1.82, 2.24) is 10.3 Å². The third-order valence-corrected chi connectivity index (χ3v) is 3.71. The van der Waals surface area contributed by atoms with Crippen LogP contribution in [0.5, 0.6) is 11.5 Å². The van der Waals surface area contributed by atoms with Crippen LogP contribution >= 0.6 is 0 Å². The maximum atomic E-state index is 11.9. The highest BCUT2D eigenvalue weighted by Gasteiger charge is 2.07. The second kappa shape index (κ2) is 10.3. The van der Waals surface area contributed by atoms with Crippen molar-refractivity contribution in [3.63, 3.8) is 0 Å². The van der Waals surface area contributed by atoms with Gasteiger partial charge < -0.3 is 14.8 Å². The van der Waals surface area contributed by atoms with Gasteiger partial charge in [-0.15, -0.1) is 0 Å². The zero-order valence-corrected chi connectivity index (χ0v) is 15.0. The van der Waals surface area contributed by atoms with Crippen LogP contribution in [-0.2, 0) is 17.6 Å². The zero-order valence-electron chi connectivity index (χ0n) is 15.0. The molecule has 134 valence electrons. The molecule has 0 aliphatic rings. The van der Waals surface area contributed by atoms with Crippen LogP contribution in [0.15, 0.2) is 42.7 Å². The Morgan fingerprint density at radius 3 is 2.56 bits per heavy atom. The van der Waals surface area contributed by atoms with Gasteiger partial charge in [0.2, 0.25) is 5.91 Å². The first kappa shape index (κ1) is 18.8. The lowest BCUT2D eigenvalue weighted by atomic mass is 10.1. The Hall–Kier alpha value is -2.56. The summed E-state index contributed by atoms with van der Waals surface area (Å²) in [7, 11) is 0. The van der Waals surface area contributed by atoms with Gasteiger partial charge in [-0.1, -0.05) is 12.1 Å². The number of aromatic nitrogens is 1. The fourth-order valence-electron chi connectivity index (χ4n) is 2.49. The van der Waals surface area contributed by atoms with E-state index in [1.807, 2.05) is 44.2 Å². The summed E-state index contributed by atoms with van der Waals surface area (Å²) in [6, 6.07) is 9.78. The average Bonchev–Trinajstić information content (AvgIpc) is 2.63. The van der Waals surface area contributed by atoms with Crippen molar-refractivity contribution in [2.75, 3.05) is 19.8 Å². The van der Waals surface area contributed by atoms with Gasteiger partial charge in [-0.3, -0.25) is 9.78 Å². The van der Waals surface area contributed by atoms with Crippen molar-refractivity contribution in [3.8, 4) is 11.5 Å². The Kier molecular flexibility index (Phi) is 7.76. The fraction of sp³-hybridized carbons (Fsp3) is 0.400. The van der Waals surface area contributed by atoms with Crippen LogP contribution < -0.4 is 14.8 Å². The zero-order chi connectivity index (χ0) is 17.9. The van der Waals surface area contributed by atoms with Crippen LogP contribution in [-0.4, -0.2) is 30.6 Å². The maximum absolute atomic E-state index is 11.9. The molecule has 0 aliphatic heterocycles. The smallest absolute Gasteiger partial charge is 0.220 e. The summed E-state index contributed by atoms with van der Waals surface area (Å²) < 4.78 is 11.2. The molecule has 0 fully saturated rings. The van der Waals surface area contributed by atoms with Gasteiger partial charge in [0, 0.05) is 25.4 Å². The quantitative estimate of drug-likeness (QED) is 0.720. The van der Waals surface area contributed by atoms with Gasteiger partial charge in [0.25, 0.3) is 0 Å². The van der Waals surface area contributed by atoms with Gasteiger partial charge in [0.15, 0.2) is 11.5 Å². The lowest BCUT2D eigenvalue weighted by Gasteiger charge is -2.12. The van der Waals surface area contributed by atoms with Crippen LogP contribution in [0.3, 0.4) is 0 Å². The predicted octanol–water partition coefficient (Wildman–Crippen LogP) is 3.17. The lowest BCUT2D eigenvalue weighted by molar-refractivity contribution is -0.121. The van der Waals surface area contributed by atoms with E-state index in [9.17, 15) is 4.79 Å². The van der Waals surface area contributed by atoms with Gasteiger partial charge in [0.1, 0.15) is 0 Å². The van der Waals surface area contributed by atoms with E-state index in [2.05, 4.69) is 10.3 Å². The summed E-state index contributed by atoms with van der Waals surface area (Å²) in [6.45, 7) is 5.70. The van der Waals surface area contributed by atoms with E-state index in [1.54, 1.807) is 12.4 Å². The summed E-state index contributed by atoms with van der Waals surface area (Å²) in [5, 5.41) is 2.96. The number of carbonyl (C=O) groups is 1. The molecule has 0 saturated heterocycles. The number of rotatable bonds is 10. The number of carbonyl (C=O) groups excluding carboxylic acids is 1. The number of pyridine rings is 1. The molecular formula is C20H26N2O3. The number of hydrogen-bond acceptors (Lipinski definition) is 4. The highest BCUT2D eigenvalue weighted by atomic mass is 16.5. The van der Waals surface area contributed by atoms with Crippen molar-refractivity contribution in [2.45, 2.75) is 33.1 Å². The Morgan fingerprint density at radius 2 is 1.84 bits per heavy atom. The summed E-state index contributed by atoms with van der Waals surface area (Å²) >= 11 is 0. The highest BCUT2D eigenvalue weighted by molar-refractivity contribution is 5.76. The minimum Gasteiger partial charge on any atom is -0.490 e. The summed E-state index contributed by atoms with van der Waals surface area (Å²) in [6.07, 6.45) is 5.46. The molecule has 0 radical (unpaired) electrons. The average molecular weight is 342 g/mol.